The molecule has 0 bridgehead atoms. The van der Waals surface area contributed by atoms with Gasteiger partial charge >= 0.3 is 6.18 Å². The van der Waals surface area contributed by atoms with Crippen LogP contribution in [0.15, 0.2) is 82.5 Å². The number of hydrogen-bond donors (Lipinski definition) is 2. The maximum absolute atomic E-state index is 13.5. The molecule has 11 heteroatoms. The summed E-state index contributed by atoms with van der Waals surface area (Å²) in [7, 11) is -3.61. The predicted molar refractivity (Wildman–Crippen MR) is 147 cm³/mol. The first-order chi connectivity index (χ1) is 17.3. The molecular weight excluding hydrogens is 522 g/mol. The molecule has 0 unspecified atom stereocenters. The number of alkyl halides is 3. The van der Waals surface area contributed by atoms with E-state index in [1.807, 2.05) is 13.8 Å². The Morgan fingerprint density at radius 2 is 1.68 bits per heavy atom. The Balaban J connectivity index is 0.00000241. The highest BCUT2D eigenvalue weighted by atomic mass is 32.2. The number of aliphatic imine (C=N–C) groups is 1. The van der Waals surface area contributed by atoms with Crippen LogP contribution < -0.4 is 15.9 Å². The summed E-state index contributed by atoms with van der Waals surface area (Å²) in [6.45, 7) is 13.0. The standard InChI is InChI=1S/C21H21F3N3O3PS.C3H8.C2H6/c1-4-19(21(22,23)24)20(25-13-15-6-5-7-18(12-15)32(3,29)30)27-14(2)26-16-8-10-17(31-28)11-9-16;1-3-2;1-2/h4-12,26H,2,13H2,1,3H3,(H,25,27);3H2,1-2H3;1-2H3/b19-4+;;. The van der Waals surface area contributed by atoms with Crippen molar-refractivity contribution in [3.63, 3.8) is 0 Å². The highest BCUT2D eigenvalue weighted by Gasteiger charge is 2.36. The van der Waals surface area contributed by atoms with E-state index in [4.69, 9.17) is 0 Å². The van der Waals surface area contributed by atoms with E-state index in [1.165, 1.54) is 31.5 Å². The molecule has 0 radical (unpaired) electrons. The lowest BCUT2D eigenvalue weighted by atomic mass is 10.2. The summed E-state index contributed by atoms with van der Waals surface area (Å²) < 4.78 is 74.9. The normalized spacial score (nSPS) is 12.0. The Labute approximate surface area is 219 Å². The summed E-state index contributed by atoms with van der Waals surface area (Å²) in [5.41, 5.74) is -0.0554. The molecule has 0 aliphatic heterocycles. The molecule has 37 heavy (non-hydrogen) atoms. The molecule has 2 aromatic carbocycles. The van der Waals surface area contributed by atoms with Crippen molar-refractivity contribution in [1.29, 1.82) is 0 Å². The fourth-order valence-corrected chi connectivity index (χ4v) is 3.59. The molecule has 204 valence electrons. The minimum absolute atomic E-state index is 0.0321. The van der Waals surface area contributed by atoms with Gasteiger partial charge in [0.05, 0.1) is 17.0 Å². The molecule has 0 aliphatic carbocycles. The van der Waals surface area contributed by atoms with Crippen molar-refractivity contribution in [2.24, 2.45) is 4.99 Å². The summed E-state index contributed by atoms with van der Waals surface area (Å²) in [6.07, 6.45) is -1.50. The number of rotatable bonds is 8. The van der Waals surface area contributed by atoms with Crippen molar-refractivity contribution in [2.45, 2.75) is 58.7 Å². The van der Waals surface area contributed by atoms with Gasteiger partial charge in [-0.25, -0.2) is 8.42 Å². The fraction of sp³-hybridized carbons (Fsp3) is 0.346. The van der Waals surface area contributed by atoms with Gasteiger partial charge in [-0.1, -0.05) is 58.9 Å². The second kappa shape index (κ2) is 16.7. The zero-order valence-corrected chi connectivity index (χ0v) is 23.7. The molecule has 0 amide bonds. The van der Waals surface area contributed by atoms with Crippen LogP contribution in [0.3, 0.4) is 0 Å². The molecule has 2 aromatic rings. The number of halogens is 3. The SMILES string of the molecule is C=C(NC(=NCc1cccc(S(C)(=O)=O)c1)/C(=C\C)C(F)(F)F)Nc1ccc(P=O)cc1.CC.CCC. The third-order valence-electron chi connectivity index (χ3n) is 4.13. The molecule has 2 rings (SSSR count). The number of hydrogen-bond acceptors (Lipinski definition) is 5. The second-order valence-corrected chi connectivity index (χ2v) is 10.1. The molecule has 0 saturated carbocycles. The summed E-state index contributed by atoms with van der Waals surface area (Å²) in [6, 6.07) is 12.2. The first-order valence-corrected chi connectivity index (χ1v) is 14.3. The van der Waals surface area contributed by atoms with Gasteiger partial charge in [0.2, 0.25) is 0 Å². The van der Waals surface area contributed by atoms with Gasteiger partial charge in [0.25, 0.3) is 0 Å². The van der Waals surface area contributed by atoms with Crippen molar-refractivity contribution in [3.8, 4) is 0 Å². The zero-order valence-electron chi connectivity index (χ0n) is 22.0. The van der Waals surface area contributed by atoms with Gasteiger partial charge in [0.1, 0.15) is 11.7 Å². The van der Waals surface area contributed by atoms with Gasteiger partial charge in [-0.2, -0.15) is 13.2 Å². The minimum Gasteiger partial charge on any atom is -0.342 e. The van der Waals surface area contributed by atoms with E-state index in [0.29, 0.717) is 16.6 Å². The Morgan fingerprint density at radius 3 is 2.14 bits per heavy atom. The molecule has 0 aromatic heterocycles. The van der Waals surface area contributed by atoms with E-state index >= 15 is 0 Å². The quantitative estimate of drug-likeness (QED) is 0.207. The number of nitrogens with one attached hydrogen (secondary N) is 2. The lowest BCUT2D eigenvalue weighted by Crippen LogP contribution is -2.33. The number of benzene rings is 2. The topological polar surface area (TPSA) is 87.6 Å². The van der Waals surface area contributed by atoms with Gasteiger partial charge in [-0.15, -0.1) is 0 Å². The molecule has 0 fully saturated rings. The van der Waals surface area contributed by atoms with Crippen molar-refractivity contribution < 1.29 is 26.2 Å². The van der Waals surface area contributed by atoms with Crippen LogP contribution in [0.25, 0.3) is 0 Å². The lowest BCUT2D eigenvalue weighted by molar-refractivity contribution is -0.0864. The Bertz CT molecular complexity index is 1180. The van der Waals surface area contributed by atoms with Gasteiger partial charge in [0.15, 0.2) is 18.3 Å². The van der Waals surface area contributed by atoms with E-state index in [9.17, 15) is 26.2 Å². The average Bonchev–Trinajstić information content (AvgIpc) is 2.84. The minimum atomic E-state index is -4.68. The number of nitrogens with zero attached hydrogens (tertiary/aromatic N) is 1. The van der Waals surface area contributed by atoms with Crippen molar-refractivity contribution >= 4 is 35.1 Å². The maximum Gasteiger partial charge on any atom is 0.419 e. The van der Waals surface area contributed by atoms with Gasteiger partial charge < -0.3 is 10.6 Å². The van der Waals surface area contributed by atoms with Crippen molar-refractivity contribution in [2.75, 3.05) is 11.6 Å². The van der Waals surface area contributed by atoms with E-state index in [-0.39, 0.29) is 25.7 Å². The molecule has 0 atom stereocenters. The van der Waals surface area contributed by atoms with Crippen LogP contribution in [-0.4, -0.2) is 26.7 Å². The van der Waals surface area contributed by atoms with E-state index < -0.39 is 27.4 Å². The number of allylic oxidation sites excluding steroid dienone is 1. The number of sulfone groups is 1. The molecular formula is C26H35F3N3O3PS. The summed E-state index contributed by atoms with van der Waals surface area (Å²) in [5, 5.41) is 5.90. The van der Waals surface area contributed by atoms with Crippen molar-refractivity contribution in [3.05, 3.63) is 78.1 Å². The van der Waals surface area contributed by atoms with E-state index in [0.717, 1.165) is 12.3 Å². The molecule has 0 saturated heterocycles. The summed E-state index contributed by atoms with van der Waals surface area (Å²) in [5.74, 6) is -0.443. The lowest BCUT2D eigenvalue weighted by Gasteiger charge is -2.18. The smallest absolute Gasteiger partial charge is 0.342 e. The fourth-order valence-electron chi connectivity index (χ4n) is 2.63. The first kappa shape index (κ1) is 34.0. The zero-order chi connectivity index (χ0) is 28.6. The van der Waals surface area contributed by atoms with Gasteiger partial charge in [-0.3, -0.25) is 9.56 Å². The van der Waals surface area contributed by atoms with Crippen LogP contribution in [-0.2, 0) is 20.9 Å². The van der Waals surface area contributed by atoms with Crippen LogP contribution in [0.1, 0.15) is 46.6 Å². The van der Waals surface area contributed by atoms with E-state index in [2.05, 4.69) is 36.1 Å². The van der Waals surface area contributed by atoms with Crippen LogP contribution in [0.4, 0.5) is 18.9 Å². The Morgan fingerprint density at radius 1 is 1.11 bits per heavy atom. The van der Waals surface area contributed by atoms with Crippen LogP contribution >= 0.6 is 8.46 Å². The Hall–Kier alpha value is -2.97. The highest BCUT2D eigenvalue weighted by Crippen LogP contribution is 2.27. The largest absolute Gasteiger partial charge is 0.419 e. The maximum atomic E-state index is 13.5. The molecule has 0 aliphatic rings. The Kier molecular flexibility index (Phi) is 15.4. The van der Waals surface area contributed by atoms with Crippen LogP contribution in [0.5, 0.6) is 0 Å². The monoisotopic (exact) mass is 557 g/mol. The van der Waals surface area contributed by atoms with E-state index in [1.54, 1.807) is 30.3 Å². The number of amidine groups is 1. The number of anilines is 1. The highest BCUT2D eigenvalue weighted by molar-refractivity contribution is 7.90. The molecule has 0 spiro atoms. The molecule has 2 N–H and O–H groups in total. The van der Waals surface area contributed by atoms with Crippen molar-refractivity contribution in [1.82, 2.24) is 5.32 Å². The van der Waals surface area contributed by atoms with Gasteiger partial charge in [-0.05, 0) is 48.9 Å². The van der Waals surface area contributed by atoms with Crippen LogP contribution in [0.2, 0.25) is 0 Å². The second-order valence-electron chi connectivity index (χ2n) is 7.36. The third kappa shape index (κ3) is 12.7. The third-order valence-corrected chi connectivity index (χ3v) is 5.75. The summed E-state index contributed by atoms with van der Waals surface area (Å²) in [4.78, 5) is 4.09. The average molecular weight is 558 g/mol. The molecule has 0 heterocycles. The summed E-state index contributed by atoms with van der Waals surface area (Å²) >= 11 is 0. The molecule has 6 nitrogen and oxygen atoms in total. The van der Waals surface area contributed by atoms with Crippen LogP contribution in [0, 0.1) is 0 Å². The predicted octanol–water partition coefficient (Wildman–Crippen LogP) is 7.03. The first-order valence-electron chi connectivity index (χ1n) is 11.6. The van der Waals surface area contributed by atoms with Gasteiger partial charge in [0, 0.05) is 17.2 Å².